The average Bonchev–Trinajstić information content (AvgIpc) is 2.97. The molecule has 0 spiro atoms. The summed E-state index contributed by atoms with van der Waals surface area (Å²) in [6.45, 7) is 0. The van der Waals surface area contributed by atoms with Gasteiger partial charge in [0.15, 0.2) is 5.96 Å². The highest BCUT2D eigenvalue weighted by Gasteiger charge is 2.12. The smallest absolute Gasteiger partial charge is 0.271 e. The van der Waals surface area contributed by atoms with E-state index in [9.17, 15) is 14.9 Å². The van der Waals surface area contributed by atoms with Crippen molar-refractivity contribution in [2.75, 3.05) is 0 Å². The van der Waals surface area contributed by atoms with Gasteiger partial charge in [-0.25, -0.2) is 4.98 Å². The number of aromatic amines is 1. The lowest BCUT2D eigenvalue weighted by Gasteiger charge is -2.04. The Kier molecular flexibility index (Phi) is 4.99. The van der Waals surface area contributed by atoms with Crippen molar-refractivity contribution < 1.29 is 9.72 Å². The number of fused-ring (bicyclic) bond motifs is 1. The molecule has 128 valence electrons. The van der Waals surface area contributed by atoms with Crippen LogP contribution in [-0.4, -0.2) is 26.8 Å². The molecule has 0 saturated heterocycles. The van der Waals surface area contributed by atoms with Crippen LogP contribution >= 0.6 is 12.4 Å². The molecule has 0 atom stereocenters. The Morgan fingerprint density at radius 3 is 2.72 bits per heavy atom. The Bertz CT molecular complexity index is 984. The molecule has 0 aliphatic rings. The summed E-state index contributed by atoms with van der Waals surface area (Å²) in [5, 5.41) is 20.1. The minimum atomic E-state index is -0.504. The predicted molar refractivity (Wildman–Crippen MR) is 94.8 cm³/mol. The Morgan fingerprint density at radius 2 is 2.04 bits per heavy atom. The number of nitrogens with two attached hydrogens (primary N) is 1. The Balaban J connectivity index is 0.00000225. The van der Waals surface area contributed by atoms with E-state index in [4.69, 9.17) is 11.1 Å². The molecule has 1 aromatic heterocycles. The molecule has 0 radical (unpaired) electrons. The van der Waals surface area contributed by atoms with E-state index < -0.39 is 16.8 Å². The number of imidazole rings is 1. The van der Waals surface area contributed by atoms with Crippen LogP contribution in [0, 0.1) is 15.5 Å². The highest BCUT2D eigenvalue weighted by molar-refractivity contribution is 6.04. The largest absolute Gasteiger partial charge is 0.370 e. The number of rotatable bonds is 3. The van der Waals surface area contributed by atoms with Gasteiger partial charge in [-0.15, -0.1) is 12.4 Å². The number of guanidine groups is 1. The summed E-state index contributed by atoms with van der Waals surface area (Å²) in [5.74, 6) is -0.472. The van der Waals surface area contributed by atoms with Gasteiger partial charge in [0.05, 0.1) is 16.0 Å². The van der Waals surface area contributed by atoms with E-state index in [2.05, 4.69) is 15.3 Å². The van der Waals surface area contributed by atoms with E-state index in [1.165, 1.54) is 12.1 Å². The number of non-ortho nitro benzene ring substituents is 1. The normalized spacial score (nSPS) is 10.1. The number of amides is 1. The van der Waals surface area contributed by atoms with Gasteiger partial charge in [-0.1, -0.05) is 12.1 Å². The van der Waals surface area contributed by atoms with Gasteiger partial charge in [0.25, 0.3) is 11.6 Å². The van der Waals surface area contributed by atoms with Crippen molar-refractivity contribution in [2.24, 2.45) is 5.73 Å². The van der Waals surface area contributed by atoms with E-state index in [-0.39, 0.29) is 18.1 Å². The van der Waals surface area contributed by atoms with E-state index >= 15 is 0 Å². The average molecular weight is 361 g/mol. The number of aromatic nitrogens is 2. The zero-order valence-electron chi connectivity index (χ0n) is 12.6. The number of halogens is 1. The van der Waals surface area contributed by atoms with Gasteiger partial charge in [-0.2, -0.15) is 0 Å². The minimum Gasteiger partial charge on any atom is -0.370 e. The fourth-order valence-corrected chi connectivity index (χ4v) is 2.25. The Hall–Kier alpha value is -3.46. The van der Waals surface area contributed by atoms with Crippen molar-refractivity contribution in [2.45, 2.75) is 0 Å². The van der Waals surface area contributed by atoms with Crippen LogP contribution in [0.4, 0.5) is 5.69 Å². The number of carbonyl (C=O) groups is 1. The van der Waals surface area contributed by atoms with Gasteiger partial charge in [-0.05, 0) is 18.2 Å². The molecule has 3 aromatic rings. The molecule has 0 aliphatic heterocycles. The fourth-order valence-electron chi connectivity index (χ4n) is 2.25. The van der Waals surface area contributed by atoms with Crippen molar-refractivity contribution in [1.29, 1.82) is 5.41 Å². The van der Waals surface area contributed by atoms with E-state index in [1.54, 1.807) is 30.3 Å². The second-order valence-electron chi connectivity index (χ2n) is 4.99. The van der Waals surface area contributed by atoms with Crippen molar-refractivity contribution in [3.05, 3.63) is 58.1 Å². The molecule has 1 amide bonds. The van der Waals surface area contributed by atoms with Crippen LogP contribution in [0.1, 0.15) is 10.4 Å². The summed E-state index contributed by atoms with van der Waals surface area (Å²) in [6.07, 6.45) is 0. The maximum atomic E-state index is 11.9. The van der Waals surface area contributed by atoms with Crippen LogP contribution in [0.5, 0.6) is 0 Å². The van der Waals surface area contributed by atoms with Crippen LogP contribution in [0.3, 0.4) is 0 Å². The summed E-state index contributed by atoms with van der Waals surface area (Å²) in [5.41, 5.74) is 7.16. The SMILES string of the molecule is Cl.N=C(N)NC(=O)c1cccc(-c2nc3ccc([N+](=O)[O-])cc3[nH]2)c1. The first kappa shape index (κ1) is 17.9. The molecule has 0 unspecified atom stereocenters. The molecule has 0 aliphatic carbocycles. The van der Waals surface area contributed by atoms with Crippen molar-refractivity contribution in [3.63, 3.8) is 0 Å². The maximum absolute atomic E-state index is 11.9. The van der Waals surface area contributed by atoms with Gasteiger partial charge in [0, 0.05) is 23.3 Å². The van der Waals surface area contributed by atoms with Gasteiger partial charge in [-0.3, -0.25) is 25.6 Å². The van der Waals surface area contributed by atoms with E-state index in [0.717, 1.165) is 0 Å². The molecule has 1 heterocycles. The molecule has 0 fully saturated rings. The number of nitro groups is 1. The van der Waals surface area contributed by atoms with Crippen molar-refractivity contribution in [1.82, 2.24) is 15.3 Å². The number of nitrogens with zero attached hydrogens (tertiary/aromatic N) is 2. The number of nitrogens with one attached hydrogen (secondary N) is 3. The third-order valence-electron chi connectivity index (χ3n) is 3.32. The van der Waals surface area contributed by atoms with Gasteiger partial charge in [0.2, 0.25) is 0 Å². The van der Waals surface area contributed by atoms with Crippen LogP contribution in [0.2, 0.25) is 0 Å². The topological polar surface area (TPSA) is 151 Å². The molecular weight excluding hydrogens is 348 g/mol. The van der Waals surface area contributed by atoms with Gasteiger partial charge >= 0.3 is 0 Å². The van der Waals surface area contributed by atoms with Crippen LogP contribution in [-0.2, 0) is 0 Å². The first-order valence-electron chi connectivity index (χ1n) is 6.84. The fraction of sp³-hybridized carbons (Fsp3) is 0. The third kappa shape index (κ3) is 3.72. The Morgan fingerprint density at radius 1 is 1.28 bits per heavy atom. The van der Waals surface area contributed by atoms with Crippen LogP contribution in [0.25, 0.3) is 22.4 Å². The molecule has 0 bridgehead atoms. The summed E-state index contributed by atoms with van der Waals surface area (Å²) in [7, 11) is 0. The summed E-state index contributed by atoms with van der Waals surface area (Å²) >= 11 is 0. The first-order valence-corrected chi connectivity index (χ1v) is 6.84. The number of nitro benzene ring substituents is 1. The second-order valence-corrected chi connectivity index (χ2v) is 4.99. The summed E-state index contributed by atoms with van der Waals surface area (Å²) in [6, 6.07) is 10.9. The standard InChI is InChI=1S/C15H12N6O3.ClH/c16-15(17)20-14(22)9-3-1-2-8(6-9)13-18-11-5-4-10(21(23)24)7-12(11)19-13;/h1-7H,(H,18,19)(H4,16,17,20,22);1H. The predicted octanol–water partition coefficient (Wildman–Crippen LogP) is 2.18. The molecule has 5 N–H and O–H groups in total. The van der Waals surface area contributed by atoms with Crippen LogP contribution < -0.4 is 11.1 Å². The lowest BCUT2D eigenvalue weighted by atomic mass is 10.1. The van der Waals surface area contributed by atoms with Crippen molar-refractivity contribution >= 4 is 41.0 Å². The number of H-pyrrole nitrogens is 1. The number of hydrogen-bond acceptors (Lipinski definition) is 5. The number of carbonyl (C=O) groups excluding carboxylic acids is 1. The molecule has 25 heavy (non-hydrogen) atoms. The summed E-state index contributed by atoms with van der Waals surface area (Å²) < 4.78 is 0. The third-order valence-corrected chi connectivity index (χ3v) is 3.32. The first-order chi connectivity index (χ1) is 11.4. The highest BCUT2D eigenvalue weighted by atomic mass is 35.5. The van der Waals surface area contributed by atoms with Crippen molar-refractivity contribution in [3.8, 4) is 11.4 Å². The minimum absolute atomic E-state index is 0. The van der Waals surface area contributed by atoms with Gasteiger partial charge in [0.1, 0.15) is 5.82 Å². The van der Waals surface area contributed by atoms with E-state index in [0.29, 0.717) is 28.0 Å². The lowest BCUT2D eigenvalue weighted by Crippen LogP contribution is -2.35. The molecule has 9 nitrogen and oxygen atoms in total. The van der Waals surface area contributed by atoms with Crippen LogP contribution in [0.15, 0.2) is 42.5 Å². The second kappa shape index (κ2) is 6.97. The van der Waals surface area contributed by atoms with E-state index in [1.807, 2.05) is 0 Å². The number of hydrogen-bond donors (Lipinski definition) is 4. The maximum Gasteiger partial charge on any atom is 0.271 e. The molecular formula is C15H13ClN6O3. The van der Waals surface area contributed by atoms with Gasteiger partial charge < -0.3 is 10.7 Å². The lowest BCUT2D eigenvalue weighted by molar-refractivity contribution is -0.384. The molecule has 10 heteroatoms. The monoisotopic (exact) mass is 360 g/mol. The number of benzene rings is 2. The molecule has 2 aromatic carbocycles. The molecule has 0 saturated carbocycles. The zero-order valence-corrected chi connectivity index (χ0v) is 13.5. The zero-order chi connectivity index (χ0) is 17.3. The highest BCUT2D eigenvalue weighted by Crippen LogP contribution is 2.24. The molecule has 3 rings (SSSR count). The quantitative estimate of drug-likeness (QED) is 0.244. The Labute approximate surface area is 147 Å². The summed E-state index contributed by atoms with van der Waals surface area (Å²) in [4.78, 5) is 29.6.